The largest absolute Gasteiger partial charge is 0.384 e. The summed E-state index contributed by atoms with van der Waals surface area (Å²) < 4.78 is 0. The Morgan fingerprint density at radius 1 is 1.47 bits per heavy atom. The molecule has 1 amide bonds. The molecule has 2 aliphatic heterocycles. The van der Waals surface area contributed by atoms with Gasteiger partial charge in [0.2, 0.25) is 0 Å². The highest BCUT2D eigenvalue weighted by Gasteiger charge is 2.23. The summed E-state index contributed by atoms with van der Waals surface area (Å²) in [6, 6.07) is 6.31. The molecule has 19 heavy (non-hydrogen) atoms. The van der Waals surface area contributed by atoms with Crippen LogP contribution in [-0.4, -0.2) is 43.5 Å². The van der Waals surface area contributed by atoms with Gasteiger partial charge in [-0.15, -0.1) is 0 Å². The summed E-state index contributed by atoms with van der Waals surface area (Å²) in [5, 5.41) is 6.53. The highest BCUT2D eigenvalue weighted by atomic mass is 16.1. The van der Waals surface area contributed by atoms with E-state index < -0.39 is 0 Å². The molecule has 4 heteroatoms. The summed E-state index contributed by atoms with van der Waals surface area (Å²) >= 11 is 0. The van der Waals surface area contributed by atoms with E-state index in [0.717, 1.165) is 50.1 Å². The van der Waals surface area contributed by atoms with Crippen molar-refractivity contribution in [3.8, 4) is 0 Å². The Kier molecular flexibility index (Phi) is 3.42. The quantitative estimate of drug-likeness (QED) is 0.845. The summed E-state index contributed by atoms with van der Waals surface area (Å²) in [4.78, 5) is 14.7. The number of para-hydroxylation sites is 1. The van der Waals surface area contributed by atoms with Crippen LogP contribution in [0.4, 0.5) is 5.69 Å². The van der Waals surface area contributed by atoms with E-state index in [4.69, 9.17) is 0 Å². The maximum atomic E-state index is 12.4. The van der Waals surface area contributed by atoms with E-state index in [2.05, 4.69) is 28.6 Å². The summed E-state index contributed by atoms with van der Waals surface area (Å²) in [6.07, 6.45) is 3.26. The van der Waals surface area contributed by atoms with E-state index in [0.29, 0.717) is 0 Å². The third-order valence-electron chi connectivity index (χ3n) is 4.05. The Hall–Kier alpha value is -1.55. The summed E-state index contributed by atoms with van der Waals surface area (Å²) in [7, 11) is 2.10. The predicted octanol–water partition coefficient (Wildman–Crippen LogP) is 1.48. The van der Waals surface area contributed by atoms with Gasteiger partial charge in [0.1, 0.15) is 0 Å². The number of aryl methyl sites for hydroxylation is 1. The molecule has 0 aromatic heterocycles. The second kappa shape index (κ2) is 5.21. The van der Waals surface area contributed by atoms with Crippen molar-refractivity contribution in [3.05, 3.63) is 29.3 Å². The van der Waals surface area contributed by atoms with Crippen LogP contribution in [0.5, 0.6) is 0 Å². The molecule has 0 spiro atoms. The van der Waals surface area contributed by atoms with Crippen molar-refractivity contribution in [2.45, 2.75) is 25.3 Å². The Bertz CT molecular complexity index is 486. The number of nitrogens with zero attached hydrogens (tertiary/aromatic N) is 1. The standard InChI is InChI=1S/C15H21N3O/c1-18-9-7-12(10-18)17-15(19)13-6-2-4-11-5-3-8-16-14(11)13/h2,4,6,12,16H,3,5,7-10H2,1H3,(H,17,19). The van der Waals surface area contributed by atoms with Gasteiger partial charge >= 0.3 is 0 Å². The third kappa shape index (κ3) is 2.59. The molecule has 1 aromatic rings. The monoisotopic (exact) mass is 259 g/mol. The average Bonchev–Trinajstić information content (AvgIpc) is 2.83. The van der Waals surface area contributed by atoms with Crippen molar-refractivity contribution in [2.24, 2.45) is 0 Å². The molecule has 0 aliphatic carbocycles. The van der Waals surface area contributed by atoms with Gasteiger partial charge in [0, 0.05) is 19.1 Å². The number of anilines is 1. The van der Waals surface area contributed by atoms with E-state index in [1.807, 2.05) is 12.1 Å². The van der Waals surface area contributed by atoms with Crippen molar-refractivity contribution in [2.75, 3.05) is 32.0 Å². The van der Waals surface area contributed by atoms with Crippen LogP contribution in [0.2, 0.25) is 0 Å². The van der Waals surface area contributed by atoms with Gasteiger partial charge in [-0.2, -0.15) is 0 Å². The van der Waals surface area contributed by atoms with Crippen LogP contribution in [0.25, 0.3) is 0 Å². The number of carbonyl (C=O) groups is 1. The van der Waals surface area contributed by atoms with E-state index >= 15 is 0 Å². The van der Waals surface area contributed by atoms with Crippen molar-refractivity contribution in [1.29, 1.82) is 0 Å². The number of hydrogen-bond donors (Lipinski definition) is 2. The zero-order chi connectivity index (χ0) is 13.2. The third-order valence-corrected chi connectivity index (χ3v) is 4.05. The lowest BCUT2D eigenvalue weighted by molar-refractivity contribution is 0.0939. The Morgan fingerprint density at radius 3 is 3.16 bits per heavy atom. The minimum absolute atomic E-state index is 0.0616. The van der Waals surface area contributed by atoms with Crippen molar-refractivity contribution in [3.63, 3.8) is 0 Å². The lowest BCUT2D eigenvalue weighted by Crippen LogP contribution is -2.37. The van der Waals surface area contributed by atoms with Gasteiger partial charge in [-0.1, -0.05) is 12.1 Å². The molecular formula is C15H21N3O. The molecule has 0 radical (unpaired) electrons. The second-order valence-electron chi connectivity index (χ2n) is 5.59. The van der Waals surface area contributed by atoms with E-state index in [-0.39, 0.29) is 11.9 Å². The van der Waals surface area contributed by atoms with E-state index in [1.54, 1.807) is 0 Å². The molecule has 4 nitrogen and oxygen atoms in total. The molecular weight excluding hydrogens is 238 g/mol. The molecule has 102 valence electrons. The van der Waals surface area contributed by atoms with Crippen LogP contribution >= 0.6 is 0 Å². The van der Waals surface area contributed by atoms with Gasteiger partial charge in [0.05, 0.1) is 11.3 Å². The highest BCUT2D eigenvalue weighted by Crippen LogP contribution is 2.26. The van der Waals surface area contributed by atoms with E-state index in [9.17, 15) is 4.79 Å². The van der Waals surface area contributed by atoms with Crippen LogP contribution < -0.4 is 10.6 Å². The topological polar surface area (TPSA) is 44.4 Å². The van der Waals surface area contributed by atoms with Crippen molar-refractivity contribution in [1.82, 2.24) is 10.2 Å². The van der Waals surface area contributed by atoms with Gasteiger partial charge in [-0.05, 0) is 44.5 Å². The molecule has 2 N–H and O–H groups in total. The summed E-state index contributed by atoms with van der Waals surface area (Å²) in [6.45, 7) is 2.98. The smallest absolute Gasteiger partial charge is 0.253 e. The maximum absolute atomic E-state index is 12.4. The fourth-order valence-corrected chi connectivity index (χ4v) is 3.01. The van der Waals surface area contributed by atoms with Crippen LogP contribution in [0, 0.1) is 0 Å². The number of nitrogens with one attached hydrogen (secondary N) is 2. The molecule has 1 aromatic carbocycles. The van der Waals surface area contributed by atoms with E-state index in [1.165, 1.54) is 5.56 Å². The molecule has 3 rings (SSSR count). The molecule has 1 saturated heterocycles. The first-order valence-corrected chi connectivity index (χ1v) is 7.09. The molecule has 2 heterocycles. The van der Waals surface area contributed by atoms with Crippen molar-refractivity contribution >= 4 is 11.6 Å². The van der Waals surface area contributed by atoms with Crippen LogP contribution in [-0.2, 0) is 6.42 Å². The number of hydrogen-bond acceptors (Lipinski definition) is 3. The zero-order valence-electron chi connectivity index (χ0n) is 11.4. The molecule has 1 atom stereocenters. The average molecular weight is 259 g/mol. The Morgan fingerprint density at radius 2 is 2.37 bits per heavy atom. The molecule has 0 bridgehead atoms. The lowest BCUT2D eigenvalue weighted by atomic mass is 9.99. The highest BCUT2D eigenvalue weighted by molar-refractivity contribution is 6.00. The zero-order valence-corrected chi connectivity index (χ0v) is 11.4. The first-order chi connectivity index (χ1) is 9.24. The number of benzene rings is 1. The molecule has 1 fully saturated rings. The Labute approximate surface area is 114 Å². The second-order valence-corrected chi connectivity index (χ2v) is 5.59. The van der Waals surface area contributed by atoms with Gasteiger partial charge < -0.3 is 15.5 Å². The minimum atomic E-state index is 0.0616. The number of likely N-dealkylation sites (N-methyl/N-ethyl adjacent to an activating group) is 1. The molecule has 0 saturated carbocycles. The Balaban J connectivity index is 1.76. The fourth-order valence-electron chi connectivity index (χ4n) is 3.01. The normalized spacial score (nSPS) is 22.7. The van der Waals surface area contributed by atoms with Gasteiger partial charge in [0.15, 0.2) is 0 Å². The number of amides is 1. The van der Waals surface area contributed by atoms with Gasteiger partial charge in [-0.25, -0.2) is 0 Å². The number of rotatable bonds is 2. The maximum Gasteiger partial charge on any atom is 0.253 e. The summed E-state index contributed by atoms with van der Waals surface area (Å²) in [5.74, 6) is 0.0616. The summed E-state index contributed by atoms with van der Waals surface area (Å²) in [5.41, 5.74) is 3.10. The van der Waals surface area contributed by atoms with Gasteiger partial charge in [0.25, 0.3) is 5.91 Å². The lowest BCUT2D eigenvalue weighted by Gasteiger charge is -2.21. The van der Waals surface area contributed by atoms with Gasteiger partial charge in [-0.3, -0.25) is 4.79 Å². The predicted molar refractivity (Wildman–Crippen MR) is 76.6 cm³/mol. The fraction of sp³-hybridized carbons (Fsp3) is 0.533. The number of likely N-dealkylation sites (tertiary alicyclic amines) is 1. The van der Waals surface area contributed by atoms with Crippen molar-refractivity contribution < 1.29 is 4.79 Å². The minimum Gasteiger partial charge on any atom is -0.384 e. The first kappa shape index (κ1) is 12.5. The SMILES string of the molecule is CN1CCC(NC(=O)c2cccc3c2NCCC3)C1. The van der Waals surface area contributed by atoms with Crippen LogP contribution in [0.1, 0.15) is 28.8 Å². The molecule has 1 unspecified atom stereocenters. The number of carbonyl (C=O) groups excluding carboxylic acids is 1. The number of fused-ring (bicyclic) bond motifs is 1. The first-order valence-electron chi connectivity index (χ1n) is 7.09. The van der Waals surface area contributed by atoms with Crippen LogP contribution in [0.3, 0.4) is 0 Å². The molecule has 2 aliphatic rings. The van der Waals surface area contributed by atoms with Crippen LogP contribution in [0.15, 0.2) is 18.2 Å².